The van der Waals surface area contributed by atoms with E-state index >= 15 is 0 Å². The topological polar surface area (TPSA) is 59.5 Å². The predicted octanol–water partition coefficient (Wildman–Crippen LogP) is 6.97. The van der Waals surface area contributed by atoms with Crippen molar-refractivity contribution in [2.45, 2.75) is 19.3 Å². The normalized spacial score (nSPS) is 12.5. The number of anilines is 2. The highest BCUT2D eigenvalue weighted by Crippen LogP contribution is 2.36. The van der Waals surface area contributed by atoms with Gasteiger partial charge in [-0.25, -0.2) is 9.78 Å². The fourth-order valence-electron chi connectivity index (χ4n) is 4.80. The standard InChI is InChI=1S/C31H24N2O3S/c34-29(33-26-14-6-1-9-21(26)17-18-22-10-2-7-15-27(22)33)19-20-36-31(35)24-12-4-3-11-23(24)30-32-25-13-5-8-16-28(25)37-30/h1-16H,17-20H2. The van der Waals surface area contributed by atoms with Crippen molar-refractivity contribution in [2.24, 2.45) is 0 Å². The van der Waals surface area contributed by atoms with Crippen molar-refractivity contribution in [3.05, 3.63) is 114 Å². The fraction of sp³-hybridized carbons (Fsp3) is 0.129. The second kappa shape index (κ2) is 9.99. The molecule has 0 radical (unpaired) electrons. The van der Waals surface area contributed by atoms with Crippen LogP contribution in [-0.2, 0) is 22.4 Å². The highest BCUT2D eigenvalue weighted by molar-refractivity contribution is 7.21. The number of aryl methyl sites for hydroxylation is 2. The minimum absolute atomic E-state index is 0.00726. The summed E-state index contributed by atoms with van der Waals surface area (Å²) in [6.07, 6.45) is 1.82. The zero-order valence-electron chi connectivity index (χ0n) is 20.1. The molecular formula is C31H24N2O3S. The highest BCUT2D eigenvalue weighted by Gasteiger charge is 2.26. The van der Waals surface area contributed by atoms with E-state index in [2.05, 4.69) is 12.1 Å². The Balaban J connectivity index is 1.20. The molecule has 1 aliphatic rings. The molecule has 0 N–H and O–H groups in total. The van der Waals surface area contributed by atoms with Gasteiger partial charge in [0.25, 0.3) is 0 Å². The van der Waals surface area contributed by atoms with Gasteiger partial charge in [0.1, 0.15) is 11.6 Å². The number of fused-ring (bicyclic) bond motifs is 3. The summed E-state index contributed by atoms with van der Waals surface area (Å²) in [6.45, 7) is -0.00726. The Kier molecular flexibility index (Phi) is 6.25. The monoisotopic (exact) mass is 504 g/mol. The number of thiazole rings is 1. The lowest BCUT2D eigenvalue weighted by molar-refractivity contribution is -0.118. The SMILES string of the molecule is O=C(OCCC(=O)N1c2ccccc2CCc2ccccc21)c1ccccc1-c1nc2ccccc2s1. The molecule has 0 aliphatic carbocycles. The quantitative estimate of drug-likeness (QED) is 0.243. The zero-order valence-corrected chi connectivity index (χ0v) is 20.9. The van der Waals surface area contributed by atoms with Crippen LogP contribution in [0.1, 0.15) is 27.9 Å². The van der Waals surface area contributed by atoms with Crippen LogP contribution >= 0.6 is 11.3 Å². The third-order valence-electron chi connectivity index (χ3n) is 6.60. The van der Waals surface area contributed by atoms with E-state index in [4.69, 9.17) is 9.72 Å². The van der Waals surface area contributed by atoms with E-state index in [9.17, 15) is 9.59 Å². The summed E-state index contributed by atoms with van der Waals surface area (Å²) in [5.74, 6) is -0.562. The number of hydrogen-bond donors (Lipinski definition) is 0. The second-order valence-electron chi connectivity index (χ2n) is 8.90. The summed E-state index contributed by atoms with van der Waals surface area (Å²) < 4.78 is 6.68. The fourth-order valence-corrected chi connectivity index (χ4v) is 5.81. The lowest BCUT2D eigenvalue weighted by atomic mass is 10.0. The van der Waals surface area contributed by atoms with E-state index < -0.39 is 5.97 Å². The van der Waals surface area contributed by atoms with Crippen molar-refractivity contribution in [3.63, 3.8) is 0 Å². The minimum atomic E-state index is -0.459. The van der Waals surface area contributed by atoms with Gasteiger partial charge in [0.2, 0.25) is 5.91 Å². The molecule has 0 spiro atoms. The molecule has 4 aromatic carbocycles. The highest BCUT2D eigenvalue weighted by atomic mass is 32.1. The van der Waals surface area contributed by atoms with Crippen LogP contribution in [0.3, 0.4) is 0 Å². The Morgan fingerprint density at radius 1 is 0.784 bits per heavy atom. The number of carbonyl (C=O) groups is 2. The van der Waals surface area contributed by atoms with Gasteiger partial charge in [-0.3, -0.25) is 9.69 Å². The van der Waals surface area contributed by atoms with Crippen LogP contribution in [0.2, 0.25) is 0 Å². The van der Waals surface area contributed by atoms with Gasteiger partial charge >= 0.3 is 5.97 Å². The Morgan fingerprint density at radius 2 is 1.41 bits per heavy atom. The molecule has 6 rings (SSSR count). The summed E-state index contributed by atoms with van der Waals surface area (Å²) in [5, 5.41) is 0.766. The number of carbonyl (C=O) groups excluding carboxylic acids is 2. The Bertz CT molecular complexity index is 1540. The van der Waals surface area contributed by atoms with E-state index in [1.54, 1.807) is 11.0 Å². The maximum atomic E-state index is 13.5. The Hall–Kier alpha value is -4.29. The summed E-state index contributed by atoms with van der Waals surface area (Å²) in [4.78, 5) is 33.1. The first kappa shape index (κ1) is 23.1. The maximum absolute atomic E-state index is 13.5. The summed E-state index contributed by atoms with van der Waals surface area (Å²) >= 11 is 1.54. The van der Waals surface area contributed by atoms with E-state index in [-0.39, 0.29) is 18.9 Å². The van der Waals surface area contributed by atoms with Crippen LogP contribution in [-0.4, -0.2) is 23.5 Å². The first-order chi connectivity index (χ1) is 18.2. The van der Waals surface area contributed by atoms with Gasteiger partial charge in [0, 0.05) is 5.56 Å². The van der Waals surface area contributed by atoms with E-state index in [0.717, 1.165) is 56.1 Å². The Labute approximate surface area is 219 Å². The summed E-state index contributed by atoms with van der Waals surface area (Å²) in [6, 6.07) is 31.2. The van der Waals surface area contributed by atoms with Crippen LogP contribution in [0.15, 0.2) is 97.1 Å². The smallest absolute Gasteiger partial charge is 0.338 e. The first-order valence-electron chi connectivity index (χ1n) is 12.3. The second-order valence-corrected chi connectivity index (χ2v) is 9.94. The van der Waals surface area contributed by atoms with Crippen molar-refractivity contribution < 1.29 is 14.3 Å². The minimum Gasteiger partial charge on any atom is -0.462 e. The van der Waals surface area contributed by atoms with Crippen LogP contribution in [0, 0.1) is 0 Å². The van der Waals surface area contributed by atoms with Crippen LogP contribution in [0.25, 0.3) is 20.8 Å². The van der Waals surface area contributed by atoms with Gasteiger partial charge in [-0.1, -0.05) is 66.7 Å². The van der Waals surface area contributed by atoms with E-state index in [1.807, 2.05) is 78.9 Å². The van der Waals surface area contributed by atoms with Crippen LogP contribution in [0.4, 0.5) is 11.4 Å². The predicted molar refractivity (Wildman–Crippen MR) is 147 cm³/mol. The van der Waals surface area contributed by atoms with Gasteiger partial charge < -0.3 is 4.74 Å². The van der Waals surface area contributed by atoms with Crippen molar-refractivity contribution in [2.75, 3.05) is 11.5 Å². The molecule has 0 bridgehead atoms. The molecule has 5 nitrogen and oxygen atoms in total. The van der Waals surface area contributed by atoms with E-state index in [1.165, 1.54) is 11.3 Å². The number of aromatic nitrogens is 1. The molecule has 0 fully saturated rings. The molecule has 1 aliphatic heterocycles. The molecule has 5 aromatic rings. The molecule has 1 aromatic heterocycles. The van der Waals surface area contributed by atoms with Crippen molar-refractivity contribution >= 4 is 44.8 Å². The molecule has 37 heavy (non-hydrogen) atoms. The lowest BCUT2D eigenvalue weighted by Gasteiger charge is -2.25. The average molecular weight is 505 g/mol. The van der Waals surface area contributed by atoms with Crippen molar-refractivity contribution in [3.8, 4) is 10.6 Å². The number of amides is 1. The van der Waals surface area contributed by atoms with Crippen LogP contribution in [0.5, 0.6) is 0 Å². The Morgan fingerprint density at radius 3 is 2.14 bits per heavy atom. The van der Waals surface area contributed by atoms with Gasteiger partial charge in [0.05, 0.1) is 33.6 Å². The third-order valence-corrected chi connectivity index (χ3v) is 7.67. The molecule has 1 amide bonds. The first-order valence-corrected chi connectivity index (χ1v) is 13.1. The largest absolute Gasteiger partial charge is 0.462 e. The zero-order chi connectivity index (χ0) is 25.2. The molecule has 0 atom stereocenters. The van der Waals surface area contributed by atoms with Gasteiger partial charge in [-0.05, 0) is 54.3 Å². The van der Waals surface area contributed by atoms with Gasteiger partial charge in [0.15, 0.2) is 0 Å². The summed E-state index contributed by atoms with van der Waals surface area (Å²) in [7, 11) is 0. The molecular weight excluding hydrogens is 480 g/mol. The van der Waals surface area contributed by atoms with Crippen LogP contribution < -0.4 is 4.90 Å². The van der Waals surface area contributed by atoms with Crippen molar-refractivity contribution in [1.82, 2.24) is 4.98 Å². The number of benzene rings is 4. The number of hydrogen-bond acceptors (Lipinski definition) is 5. The lowest BCUT2D eigenvalue weighted by Crippen LogP contribution is -2.28. The molecule has 0 saturated carbocycles. The summed E-state index contributed by atoms with van der Waals surface area (Å²) in [5.41, 5.74) is 6.13. The molecule has 0 saturated heterocycles. The third kappa shape index (κ3) is 4.52. The van der Waals surface area contributed by atoms with Gasteiger partial charge in [-0.15, -0.1) is 11.3 Å². The molecule has 6 heteroatoms. The number of esters is 1. The number of ether oxygens (including phenoxy) is 1. The van der Waals surface area contributed by atoms with Crippen molar-refractivity contribution in [1.29, 1.82) is 0 Å². The number of rotatable bonds is 5. The van der Waals surface area contributed by atoms with Gasteiger partial charge in [-0.2, -0.15) is 0 Å². The maximum Gasteiger partial charge on any atom is 0.338 e. The molecule has 182 valence electrons. The van der Waals surface area contributed by atoms with E-state index in [0.29, 0.717) is 5.56 Å². The number of para-hydroxylation sites is 3. The molecule has 0 unspecified atom stereocenters. The average Bonchev–Trinajstić information content (AvgIpc) is 3.30. The molecule has 2 heterocycles. The number of nitrogens with zero attached hydrogens (tertiary/aromatic N) is 2.